The van der Waals surface area contributed by atoms with Crippen LogP contribution in [0.3, 0.4) is 0 Å². The van der Waals surface area contributed by atoms with E-state index in [-0.39, 0.29) is 6.54 Å². The van der Waals surface area contributed by atoms with Crippen molar-refractivity contribution in [3.63, 3.8) is 0 Å². The maximum absolute atomic E-state index is 11.8. The molecule has 1 amide bonds. The molecule has 2 atom stereocenters. The van der Waals surface area contributed by atoms with Gasteiger partial charge in [-0.3, -0.25) is 4.90 Å². The summed E-state index contributed by atoms with van der Waals surface area (Å²) in [5.41, 5.74) is 0.448. The number of cyclic esters (lactones) is 2. The zero-order valence-corrected chi connectivity index (χ0v) is 9.94. The van der Waals surface area contributed by atoms with Crippen molar-refractivity contribution in [1.29, 1.82) is 0 Å². The van der Waals surface area contributed by atoms with Crippen LogP contribution in [-0.4, -0.2) is 41.6 Å². The van der Waals surface area contributed by atoms with Crippen LogP contribution < -0.4 is 0 Å². The Morgan fingerprint density at radius 1 is 1.26 bits per heavy atom. The van der Waals surface area contributed by atoms with Gasteiger partial charge in [0.1, 0.15) is 12.1 Å². The first-order chi connectivity index (χ1) is 9.15. The molecule has 0 radical (unpaired) electrons. The first-order valence-electron chi connectivity index (χ1n) is 5.93. The van der Waals surface area contributed by atoms with Crippen molar-refractivity contribution >= 4 is 18.0 Å². The molecule has 6 nitrogen and oxygen atoms in total. The Kier molecular flexibility index (Phi) is 2.70. The van der Waals surface area contributed by atoms with Crippen molar-refractivity contribution in [2.45, 2.75) is 18.6 Å². The zero-order valence-electron chi connectivity index (χ0n) is 9.94. The topological polar surface area (TPSA) is 72.9 Å². The van der Waals surface area contributed by atoms with Gasteiger partial charge in [-0.1, -0.05) is 18.2 Å². The number of fused-ring (bicyclic) bond motifs is 1. The number of hydrogen-bond donors (Lipinski definition) is 0. The highest BCUT2D eigenvalue weighted by Gasteiger charge is 2.49. The van der Waals surface area contributed by atoms with E-state index in [1.165, 1.54) is 4.90 Å². The summed E-state index contributed by atoms with van der Waals surface area (Å²) in [6.45, 7) is 0.202. The van der Waals surface area contributed by atoms with Crippen LogP contribution in [0.1, 0.15) is 16.8 Å². The van der Waals surface area contributed by atoms with Gasteiger partial charge >= 0.3 is 18.0 Å². The molecule has 2 heterocycles. The molecule has 2 fully saturated rings. The summed E-state index contributed by atoms with van der Waals surface area (Å²) in [4.78, 5) is 35.8. The van der Waals surface area contributed by atoms with Gasteiger partial charge in [0.15, 0.2) is 0 Å². The third-order valence-corrected chi connectivity index (χ3v) is 3.24. The molecule has 2 unspecified atom stereocenters. The monoisotopic (exact) mass is 261 g/mol. The van der Waals surface area contributed by atoms with Gasteiger partial charge in [0.25, 0.3) is 0 Å². The van der Waals surface area contributed by atoms with E-state index in [9.17, 15) is 14.4 Å². The molecule has 98 valence electrons. The molecule has 3 rings (SSSR count). The van der Waals surface area contributed by atoms with Crippen LogP contribution in [-0.2, 0) is 14.3 Å². The van der Waals surface area contributed by atoms with E-state index in [0.717, 1.165) is 0 Å². The third-order valence-electron chi connectivity index (χ3n) is 3.24. The van der Waals surface area contributed by atoms with Crippen LogP contribution in [0.5, 0.6) is 0 Å². The van der Waals surface area contributed by atoms with Crippen molar-refractivity contribution in [1.82, 2.24) is 4.90 Å². The summed E-state index contributed by atoms with van der Waals surface area (Å²) in [5, 5.41) is 0. The number of carbonyl (C=O) groups excluding carboxylic acids is 3. The number of hydrogen-bond acceptors (Lipinski definition) is 5. The van der Waals surface area contributed by atoms with Gasteiger partial charge in [-0.05, 0) is 12.1 Å². The van der Waals surface area contributed by atoms with Crippen molar-refractivity contribution in [3.8, 4) is 0 Å². The van der Waals surface area contributed by atoms with Crippen molar-refractivity contribution in [2.75, 3.05) is 6.54 Å². The highest BCUT2D eigenvalue weighted by molar-refractivity contribution is 5.96. The molecule has 0 N–H and O–H groups in total. The minimum absolute atomic E-state index is 0.202. The Labute approximate surface area is 108 Å². The molecule has 0 spiro atoms. The molecular formula is C13H11NO5. The minimum atomic E-state index is -0.659. The van der Waals surface area contributed by atoms with Crippen LogP contribution in [0.25, 0.3) is 0 Å². The standard InChI is InChI=1S/C13H11NO5/c15-11(8-4-2-1-3-5-8)18-9-6-10-12(16)19-13(17)14(10)7-9/h1-5,9-10H,6-7H2. The normalized spacial score (nSPS) is 25.2. The molecule has 2 aliphatic heterocycles. The number of nitrogens with zero attached hydrogens (tertiary/aromatic N) is 1. The fourth-order valence-electron chi connectivity index (χ4n) is 2.31. The molecule has 6 heteroatoms. The number of rotatable bonds is 2. The molecule has 2 saturated heterocycles. The van der Waals surface area contributed by atoms with E-state index in [0.29, 0.717) is 12.0 Å². The Hall–Kier alpha value is -2.37. The van der Waals surface area contributed by atoms with Crippen LogP contribution in [0, 0.1) is 0 Å². The van der Waals surface area contributed by atoms with Gasteiger partial charge < -0.3 is 9.47 Å². The third kappa shape index (κ3) is 2.05. The van der Waals surface area contributed by atoms with E-state index < -0.39 is 30.2 Å². The number of esters is 2. The molecule has 0 aliphatic carbocycles. The lowest BCUT2D eigenvalue weighted by Crippen LogP contribution is -2.29. The summed E-state index contributed by atoms with van der Waals surface area (Å²) in [6, 6.07) is 7.97. The van der Waals surface area contributed by atoms with Crippen LogP contribution >= 0.6 is 0 Å². The van der Waals surface area contributed by atoms with E-state index in [1.807, 2.05) is 0 Å². The van der Waals surface area contributed by atoms with Gasteiger partial charge in [0, 0.05) is 6.42 Å². The maximum atomic E-state index is 11.8. The predicted molar refractivity (Wildman–Crippen MR) is 62.2 cm³/mol. The SMILES string of the molecule is O=C(OC1CC2C(=O)OC(=O)N2C1)c1ccccc1. The van der Waals surface area contributed by atoms with Crippen molar-refractivity contribution < 1.29 is 23.9 Å². The average Bonchev–Trinajstić information content (AvgIpc) is 2.93. The summed E-state index contributed by atoms with van der Waals surface area (Å²) in [6.07, 6.45) is -0.828. The fraction of sp³-hybridized carbons (Fsp3) is 0.308. The van der Waals surface area contributed by atoms with E-state index in [4.69, 9.17) is 4.74 Å². The largest absolute Gasteiger partial charge is 0.457 e. The second kappa shape index (κ2) is 4.38. The van der Waals surface area contributed by atoms with Gasteiger partial charge in [-0.25, -0.2) is 14.4 Å². The number of carbonyl (C=O) groups is 3. The first kappa shape index (κ1) is 11.7. The molecular weight excluding hydrogens is 250 g/mol. The summed E-state index contributed by atoms with van der Waals surface area (Å²) < 4.78 is 9.76. The first-order valence-corrected chi connectivity index (χ1v) is 5.93. The molecule has 0 saturated carbocycles. The lowest BCUT2D eigenvalue weighted by atomic mass is 10.2. The molecule has 0 bridgehead atoms. The summed E-state index contributed by atoms with van der Waals surface area (Å²) in [7, 11) is 0. The lowest BCUT2D eigenvalue weighted by Gasteiger charge is -2.12. The number of benzene rings is 1. The molecule has 0 aromatic heterocycles. The minimum Gasteiger partial charge on any atom is -0.457 e. The molecule has 2 aliphatic rings. The summed E-state index contributed by atoms with van der Waals surface area (Å²) in [5.74, 6) is -1.02. The Balaban J connectivity index is 1.66. The molecule has 1 aromatic rings. The predicted octanol–water partition coefficient (Wildman–Crippen LogP) is 0.963. The van der Waals surface area contributed by atoms with Gasteiger partial charge in [0.2, 0.25) is 0 Å². The Bertz CT molecular complexity index is 519. The van der Waals surface area contributed by atoms with Crippen molar-refractivity contribution in [3.05, 3.63) is 35.9 Å². The average molecular weight is 261 g/mol. The van der Waals surface area contributed by atoms with E-state index in [1.54, 1.807) is 30.3 Å². The second-order valence-electron chi connectivity index (χ2n) is 4.48. The Morgan fingerprint density at radius 3 is 2.68 bits per heavy atom. The van der Waals surface area contributed by atoms with Crippen LogP contribution in [0.15, 0.2) is 30.3 Å². The Morgan fingerprint density at radius 2 is 2.00 bits per heavy atom. The van der Waals surface area contributed by atoms with E-state index in [2.05, 4.69) is 4.74 Å². The quantitative estimate of drug-likeness (QED) is 0.585. The van der Waals surface area contributed by atoms with Gasteiger partial charge in [-0.15, -0.1) is 0 Å². The highest BCUT2D eigenvalue weighted by atomic mass is 16.6. The second-order valence-corrected chi connectivity index (χ2v) is 4.48. The lowest BCUT2D eigenvalue weighted by molar-refractivity contribution is -0.135. The molecule has 19 heavy (non-hydrogen) atoms. The number of amides is 1. The van der Waals surface area contributed by atoms with E-state index >= 15 is 0 Å². The van der Waals surface area contributed by atoms with Gasteiger partial charge in [-0.2, -0.15) is 0 Å². The van der Waals surface area contributed by atoms with Crippen LogP contribution in [0.4, 0.5) is 4.79 Å². The van der Waals surface area contributed by atoms with Crippen molar-refractivity contribution in [2.24, 2.45) is 0 Å². The zero-order chi connectivity index (χ0) is 13.4. The highest BCUT2D eigenvalue weighted by Crippen LogP contribution is 2.27. The number of ether oxygens (including phenoxy) is 2. The summed E-state index contributed by atoms with van der Waals surface area (Å²) >= 11 is 0. The smallest absolute Gasteiger partial charge is 0.418 e. The van der Waals surface area contributed by atoms with Crippen LogP contribution in [0.2, 0.25) is 0 Å². The maximum Gasteiger partial charge on any atom is 0.418 e. The van der Waals surface area contributed by atoms with Gasteiger partial charge in [0.05, 0.1) is 12.1 Å². The molecule has 1 aromatic carbocycles. The fourth-order valence-corrected chi connectivity index (χ4v) is 2.31.